The van der Waals surface area contributed by atoms with Crippen molar-refractivity contribution in [1.29, 1.82) is 0 Å². The highest BCUT2D eigenvalue weighted by Crippen LogP contribution is 2.49. The summed E-state index contributed by atoms with van der Waals surface area (Å²) in [6, 6.07) is 10.7. The summed E-state index contributed by atoms with van der Waals surface area (Å²) in [7, 11) is 0. The molecule has 6 nitrogen and oxygen atoms in total. The Bertz CT molecular complexity index is 1600. The number of hydrogen-bond donors (Lipinski definition) is 4. The van der Waals surface area contributed by atoms with E-state index in [2.05, 4.69) is 0 Å². The van der Waals surface area contributed by atoms with Gasteiger partial charge >= 0.3 is 0 Å². The van der Waals surface area contributed by atoms with Crippen LogP contribution in [0.5, 0.6) is 0 Å². The van der Waals surface area contributed by atoms with Gasteiger partial charge in [-0.1, -0.05) is 12.1 Å². The maximum Gasteiger partial charge on any atom is 0.171 e. The Morgan fingerprint density at radius 3 is 2.00 bits per heavy atom. The molecule has 0 saturated heterocycles. The average molecular weight is 380 g/mol. The summed E-state index contributed by atoms with van der Waals surface area (Å²) in [6.07, 6.45) is -0.141. The van der Waals surface area contributed by atoms with Gasteiger partial charge in [-0.2, -0.15) is 0 Å². The molecule has 0 radical (unpaired) electrons. The molecule has 0 aromatic heterocycles. The van der Waals surface area contributed by atoms with Gasteiger partial charge in [-0.25, -0.2) is 0 Å². The molecule has 0 atom stereocenters. The fraction of sp³-hybridized carbons (Fsp3) is 0.0435. The molecule has 0 bridgehead atoms. The molecule has 1 aliphatic carbocycles. The van der Waals surface area contributed by atoms with Crippen molar-refractivity contribution in [2.45, 2.75) is 6.42 Å². The molecule has 0 amide bonds. The lowest BCUT2D eigenvalue weighted by Crippen LogP contribution is -2.17. The fourth-order valence-corrected chi connectivity index (χ4v) is 4.98. The second kappa shape index (κ2) is 4.86. The van der Waals surface area contributed by atoms with Crippen molar-refractivity contribution in [1.82, 2.24) is 0 Å². The lowest BCUT2D eigenvalue weighted by Gasteiger charge is -2.23. The largest absolute Gasteiger partial charge is 0.399 e. The molecule has 6 heteroatoms. The zero-order valence-corrected chi connectivity index (χ0v) is 15.3. The van der Waals surface area contributed by atoms with E-state index in [0.29, 0.717) is 39.3 Å². The van der Waals surface area contributed by atoms with Gasteiger partial charge in [0.1, 0.15) is 0 Å². The standard InChI is InChI=1S/C23H16N4O2/c24-8-3-11-14(25)6-16(27)21-10-2-1-9-17(28)7-18(29)12-5-15(26)22(23(10)19(9)12)13(4-8)20(11)21/h1-6H,7,24-27H2. The Morgan fingerprint density at radius 2 is 1.21 bits per heavy atom. The van der Waals surface area contributed by atoms with Crippen LogP contribution >= 0.6 is 0 Å². The lowest BCUT2D eigenvalue weighted by molar-refractivity contribution is 0.0890. The van der Waals surface area contributed by atoms with Gasteiger partial charge in [-0.05, 0) is 35.0 Å². The quantitative estimate of drug-likeness (QED) is 0.139. The first-order valence-electron chi connectivity index (χ1n) is 9.24. The van der Waals surface area contributed by atoms with Crippen LogP contribution in [0.3, 0.4) is 0 Å². The van der Waals surface area contributed by atoms with Crippen LogP contribution in [0, 0.1) is 0 Å². The average Bonchev–Trinajstić information content (AvgIpc) is 2.66. The van der Waals surface area contributed by atoms with E-state index in [-0.39, 0.29) is 18.0 Å². The number of carbonyl (C=O) groups is 2. The lowest BCUT2D eigenvalue weighted by atomic mass is 9.80. The predicted octanol–water partition coefficient (Wildman–Crippen LogP) is 3.84. The van der Waals surface area contributed by atoms with Crippen molar-refractivity contribution in [3.63, 3.8) is 0 Å². The third-order valence-corrected chi connectivity index (χ3v) is 6.10. The topological polar surface area (TPSA) is 138 Å². The first-order valence-corrected chi connectivity index (χ1v) is 9.24. The molecule has 0 heterocycles. The molecule has 5 aromatic carbocycles. The number of anilines is 4. The van der Waals surface area contributed by atoms with Crippen molar-refractivity contribution in [2.75, 3.05) is 22.9 Å². The van der Waals surface area contributed by atoms with E-state index in [1.165, 1.54) is 0 Å². The van der Waals surface area contributed by atoms with Crippen LogP contribution in [0.25, 0.3) is 43.1 Å². The Labute approximate surface area is 164 Å². The van der Waals surface area contributed by atoms with Crippen molar-refractivity contribution in [2.24, 2.45) is 0 Å². The monoisotopic (exact) mass is 380 g/mol. The van der Waals surface area contributed by atoms with E-state index in [1.807, 2.05) is 18.2 Å². The number of carbonyl (C=O) groups excluding carboxylic acids is 2. The molecule has 6 rings (SSSR count). The minimum absolute atomic E-state index is 0.141. The molecular weight excluding hydrogens is 364 g/mol. The summed E-state index contributed by atoms with van der Waals surface area (Å²) in [5.41, 5.74) is 28.4. The molecule has 0 unspecified atom stereocenters. The van der Waals surface area contributed by atoms with E-state index in [0.717, 1.165) is 37.7 Å². The van der Waals surface area contributed by atoms with Crippen LogP contribution in [0.4, 0.5) is 22.7 Å². The molecule has 0 spiro atoms. The third-order valence-electron chi connectivity index (χ3n) is 6.10. The van der Waals surface area contributed by atoms with Gasteiger partial charge in [0.15, 0.2) is 11.6 Å². The van der Waals surface area contributed by atoms with E-state index >= 15 is 0 Å². The Balaban J connectivity index is 2.07. The van der Waals surface area contributed by atoms with Crippen LogP contribution in [-0.2, 0) is 0 Å². The van der Waals surface area contributed by atoms with Crippen molar-refractivity contribution < 1.29 is 9.59 Å². The second-order valence-electron chi connectivity index (χ2n) is 7.74. The van der Waals surface area contributed by atoms with Crippen LogP contribution < -0.4 is 22.9 Å². The van der Waals surface area contributed by atoms with Crippen LogP contribution in [0.2, 0.25) is 0 Å². The normalized spacial score (nSPS) is 14.1. The van der Waals surface area contributed by atoms with Gasteiger partial charge in [0.05, 0.1) is 6.42 Å². The van der Waals surface area contributed by atoms with E-state index in [9.17, 15) is 9.59 Å². The zero-order valence-electron chi connectivity index (χ0n) is 15.3. The van der Waals surface area contributed by atoms with Crippen molar-refractivity contribution >= 4 is 77.4 Å². The smallest absolute Gasteiger partial charge is 0.171 e. The number of ketones is 2. The molecule has 5 aromatic rings. The number of Topliss-reactive ketones (excluding diaryl/α,β-unsaturated/α-hetero) is 2. The van der Waals surface area contributed by atoms with Crippen LogP contribution in [0.15, 0.2) is 36.4 Å². The summed E-state index contributed by atoms with van der Waals surface area (Å²) in [5.74, 6) is -0.398. The summed E-state index contributed by atoms with van der Waals surface area (Å²) in [6.45, 7) is 0. The molecule has 0 aliphatic heterocycles. The summed E-state index contributed by atoms with van der Waals surface area (Å²) in [4.78, 5) is 25.2. The highest BCUT2D eigenvalue weighted by Gasteiger charge is 2.29. The first kappa shape index (κ1) is 15.9. The van der Waals surface area contributed by atoms with Crippen molar-refractivity contribution in [3.05, 3.63) is 47.5 Å². The summed E-state index contributed by atoms with van der Waals surface area (Å²) < 4.78 is 0. The minimum atomic E-state index is -0.216. The molecule has 29 heavy (non-hydrogen) atoms. The molecule has 0 saturated carbocycles. The predicted molar refractivity (Wildman–Crippen MR) is 119 cm³/mol. The van der Waals surface area contributed by atoms with Crippen LogP contribution in [-0.4, -0.2) is 11.6 Å². The van der Waals surface area contributed by atoms with Gasteiger partial charge in [0.2, 0.25) is 0 Å². The second-order valence-corrected chi connectivity index (χ2v) is 7.74. The van der Waals surface area contributed by atoms with E-state index < -0.39 is 0 Å². The Hall–Kier alpha value is -4.06. The molecule has 1 aliphatic rings. The van der Waals surface area contributed by atoms with Crippen LogP contribution in [0.1, 0.15) is 27.1 Å². The highest BCUT2D eigenvalue weighted by atomic mass is 16.1. The molecule has 8 N–H and O–H groups in total. The Kier molecular flexibility index (Phi) is 2.67. The number of hydrogen-bond acceptors (Lipinski definition) is 6. The van der Waals surface area contributed by atoms with Gasteiger partial charge in [-0.15, -0.1) is 0 Å². The van der Waals surface area contributed by atoms with Gasteiger partial charge < -0.3 is 22.9 Å². The maximum atomic E-state index is 12.6. The van der Waals surface area contributed by atoms with E-state index in [1.54, 1.807) is 18.2 Å². The zero-order chi connectivity index (χ0) is 20.2. The summed E-state index contributed by atoms with van der Waals surface area (Å²) in [5, 5.41) is 6.34. The molecular formula is C23H16N4O2. The molecule has 140 valence electrons. The van der Waals surface area contributed by atoms with E-state index in [4.69, 9.17) is 22.9 Å². The number of benzene rings is 5. The Morgan fingerprint density at radius 1 is 0.552 bits per heavy atom. The molecule has 0 fully saturated rings. The first-order chi connectivity index (χ1) is 13.9. The van der Waals surface area contributed by atoms with Gasteiger partial charge in [-0.3, -0.25) is 9.59 Å². The minimum Gasteiger partial charge on any atom is -0.399 e. The number of nitrogens with two attached hydrogens (primary N) is 4. The number of nitrogen functional groups attached to an aromatic ring is 4. The number of rotatable bonds is 0. The number of fused-ring (bicyclic) bond motifs is 2. The third kappa shape index (κ3) is 1.76. The van der Waals surface area contributed by atoms with Gasteiger partial charge in [0.25, 0.3) is 0 Å². The highest BCUT2D eigenvalue weighted by molar-refractivity contribution is 6.42. The maximum absolute atomic E-state index is 12.6. The summed E-state index contributed by atoms with van der Waals surface area (Å²) >= 11 is 0. The van der Waals surface area contributed by atoms with Gasteiger partial charge in [0, 0.05) is 66.2 Å². The SMILES string of the molecule is Nc1cc2c(N)cc(N)c3c4ccc5c6c(cc(N)c(c(c1)c23)c64)C(=O)CC5=O. The van der Waals surface area contributed by atoms with Crippen molar-refractivity contribution in [3.8, 4) is 0 Å². The fourth-order valence-electron chi connectivity index (χ4n) is 4.98.